The van der Waals surface area contributed by atoms with Crippen molar-refractivity contribution in [2.75, 3.05) is 0 Å². The van der Waals surface area contributed by atoms with E-state index in [0.717, 1.165) is 27.6 Å². The number of benzene rings is 2. The molecule has 1 unspecified atom stereocenters. The van der Waals surface area contributed by atoms with Gasteiger partial charge in [0.05, 0.1) is 6.04 Å². The molecule has 1 amide bonds. The molecule has 3 nitrogen and oxygen atoms in total. The quantitative estimate of drug-likeness (QED) is 0.638. The van der Waals surface area contributed by atoms with E-state index in [1.165, 1.54) is 0 Å². The van der Waals surface area contributed by atoms with Gasteiger partial charge in [0.25, 0.3) is 5.91 Å². The lowest BCUT2D eigenvalue weighted by molar-refractivity contribution is 0.0938. The van der Waals surface area contributed by atoms with Crippen LogP contribution in [0.3, 0.4) is 0 Å². The largest absolute Gasteiger partial charge is 0.350 e. The van der Waals surface area contributed by atoms with Crippen LogP contribution in [0.25, 0.3) is 22.0 Å². The first kappa shape index (κ1) is 11.3. The number of para-hydroxylation sites is 1. The number of amides is 1. The van der Waals surface area contributed by atoms with Gasteiger partial charge in [-0.05, 0) is 24.1 Å². The summed E-state index contributed by atoms with van der Waals surface area (Å²) in [5.41, 5.74) is 4.95. The summed E-state index contributed by atoms with van der Waals surface area (Å²) in [6.07, 6.45) is 0. The predicted molar refractivity (Wildman–Crippen MR) is 79.6 cm³/mol. The van der Waals surface area contributed by atoms with E-state index in [-0.39, 0.29) is 11.9 Å². The number of nitrogens with one attached hydrogen (secondary N) is 2. The van der Waals surface area contributed by atoms with E-state index in [4.69, 9.17) is 0 Å². The van der Waals surface area contributed by atoms with Gasteiger partial charge in [0, 0.05) is 16.5 Å². The Bertz CT molecular complexity index is 832. The van der Waals surface area contributed by atoms with E-state index in [1.54, 1.807) is 0 Å². The third-order valence-electron chi connectivity index (χ3n) is 3.98. The van der Waals surface area contributed by atoms with Gasteiger partial charge < -0.3 is 10.3 Å². The Balaban J connectivity index is 2.16. The van der Waals surface area contributed by atoms with E-state index < -0.39 is 0 Å². The van der Waals surface area contributed by atoms with E-state index in [0.29, 0.717) is 5.69 Å². The van der Waals surface area contributed by atoms with Crippen molar-refractivity contribution in [3.63, 3.8) is 0 Å². The van der Waals surface area contributed by atoms with Crippen molar-refractivity contribution in [3.05, 3.63) is 59.8 Å². The molecule has 4 rings (SSSR count). The molecule has 0 fully saturated rings. The minimum absolute atomic E-state index is 0.0123. The highest BCUT2D eigenvalue weighted by Gasteiger charge is 2.26. The molecule has 2 heterocycles. The Kier molecular flexibility index (Phi) is 2.24. The number of rotatable bonds is 0. The van der Waals surface area contributed by atoms with Gasteiger partial charge in [-0.25, -0.2) is 0 Å². The molecular weight excluding hydrogens is 248 g/mol. The summed E-state index contributed by atoms with van der Waals surface area (Å²) >= 11 is 0. The van der Waals surface area contributed by atoms with Crippen LogP contribution >= 0.6 is 0 Å². The molecule has 3 heteroatoms. The fourth-order valence-corrected chi connectivity index (χ4v) is 3.04. The van der Waals surface area contributed by atoms with Crippen LogP contribution in [0, 0.1) is 0 Å². The first-order valence-corrected chi connectivity index (χ1v) is 6.76. The summed E-state index contributed by atoms with van der Waals surface area (Å²) in [4.78, 5) is 15.7. The molecule has 0 saturated heterocycles. The zero-order valence-corrected chi connectivity index (χ0v) is 11.1. The van der Waals surface area contributed by atoms with Crippen LogP contribution in [0.5, 0.6) is 0 Å². The Morgan fingerprint density at radius 1 is 1.00 bits per heavy atom. The number of carbonyl (C=O) groups excluding carboxylic acids is 1. The first-order valence-electron chi connectivity index (χ1n) is 6.76. The lowest BCUT2D eigenvalue weighted by atomic mass is 9.95. The highest BCUT2D eigenvalue weighted by molar-refractivity contribution is 6.11. The van der Waals surface area contributed by atoms with Crippen molar-refractivity contribution < 1.29 is 4.79 Å². The minimum Gasteiger partial charge on any atom is -0.350 e. The molecule has 3 aromatic rings. The standard InChI is InChI=1S/C17H14N2O/c1-10-11-6-2-3-7-12(11)15-13-8-4-5-9-14(13)19-16(15)17(20)18-10/h2-10,19H,1H3,(H,18,20). The number of carbonyl (C=O) groups is 1. The molecule has 98 valence electrons. The summed E-state index contributed by atoms with van der Waals surface area (Å²) in [5, 5.41) is 4.14. The van der Waals surface area contributed by atoms with E-state index in [2.05, 4.69) is 28.5 Å². The molecule has 20 heavy (non-hydrogen) atoms. The number of aromatic amines is 1. The lowest BCUT2D eigenvalue weighted by Gasteiger charge is -2.13. The van der Waals surface area contributed by atoms with E-state index in [9.17, 15) is 4.79 Å². The Hall–Kier alpha value is -2.55. The Labute approximate surface area is 116 Å². The van der Waals surface area contributed by atoms with Crippen LogP contribution in [-0.4, -0.2) is 10.9 Å². The maximum atomic E-state index is 12.4. The summed E-state index contributed by atoms with van der Waals surface area (Å²) in [6, 6.07) is 16.3. The van der Waals surface area contributed by atoms with Gasteiger partial charge in [0.2, 0.25) is 0 Å². The van der Waals surface area contributed by atoms with Crippen LogP contribution in [0.2, 0.25) is 0 Å². The molecule has 0 spiro atoms. The van der Waals surface area contributed by atoms with Crippen molar-refractivity contribution in [1.29, 1.82) is 0 Å². The average Bonchev–Trinajstić information content (AvgIpc) is 2.82. The van der Waals surface area contributed by atoms with E-state index in [1.807, 2.05) is 37.3 Å². The molecule has 1 aromatic heterocycles. The second-order valence-corrected chi connectivity index (χ2v) is 5.20. The topological polar surface area (TPSA) is 44.9 Å². The van der Waals surface area contributed by atoms with Crippen molar-refractivity contribution in [1.82, 2.24) is 10.3 Å². The molecule has 2 aromatic carbocycles. The smallest absolute Gasteiger partial charge is 0.268 e. The van der Waals surface area contributed by atoms with Crippen LogP contribution < -0.4 is 5.32 Å². The van der Waals surface area contributed by atoms with Crippen LogP contribution in [0.4, 0.5) is 0 Å². The fourth-order valence-electron chi connectivity index (χ4n) is 3.04. The zero-order valence-electron chi connectivity index (χ0n) is 11.1. The molecule has 1 atom stereocenters. The highest BCUT2D eigenvalue weighted by Crippen LogP contribution is 2.38. The maximum absolute atomic E-state index is 12.4. The number of fused-ring (bicyclic) bond motifs is 5. The highest BCUT2D eigenvalue weighted by atomic mass is 16.2. The minimum atomic E-state index is -0.0418. The fraction of sp³-hybridized carbons (Fsp3) is 0.118. The molecule has 0 radical (unpaired) electrons. The van der Waals surface area contributed by atoms with Crippen molar-refractivity contribution in [3.8, 4) is 11.1 Å². The SMILES string of the molecule is CC1NC(=O)c2[nH]c3ccccc3c2-c2ccccc21. The summed E-state index contributed by atoms with van der Waals surface area (Å²) in [5.74, 6) is -0.0418. The predicted octanol–water partition coefficient (Wildman–Crippen LogP) is 3.64. The van der Waals surface area contributed by atoms with Crippen molar-refractivity contribution >= 4 is 16.8 Å². The summed E-state index contributed by atoms with van der Waals surface area (Å²) < 4.78 is 0. The average molecular weight is 262 g/mol. The van der Waals surface area contributed by atoms with Gasteiger partial charge in [-0.3, -0.25) is 4.79 Å². The van der Waals surface area contributed by atoms with Crippen LogP contribution in [0.1, 0.15) is 29.0 Å². The van der Waals surface area contributed by atoms with Gasteiger partial charge in [0.15, 0.2) is 0 Å². The second-order valence-electron chi connectivity index (χ2n) is 5.20. The monoisotopic (exact) mass is 262 g/mol. The maximum Gasteiger partial charge on any atom is 0.268 e. The summed E-state index contributed by atoms with van der Waals surface area (Å²) in [6.45, 7) is 2.02. The first-order chi connectivity index (χ1) is 9.75. The van der Waals surface area contributed by atoms with Gasteiger partial charge in [-0.15, -0.1) is 0 Å². The van der Waals surface area contributed by atoms with Crippen molar-refractivity contribution in [2.24, 2.45) is 0 Å². The molecule has 1 aliphatic rings. The molecule has 2 N–H and O–H groups in total. The van der Waals surface area contributed by atoms with Crippen LogP contribution in [-0.2, 0) is 0 Å². The van der Waals surface area contributed by atoms with Gasteiger partial charge in [0.1, 0.15) is 5.69 Å². The Morgan fingerprint density at radius 2 is 1.75 bits per heavy atom. The van der Waals surface area contributed by atoms with Gasteiger partial charge in [-0.2, -0.15) is 0 Å². The van der Waals surface area contributed by atoms with Crippen LogP contribution in [0.15, 0.2) is 48.5 Å². The third-order valence-corrected chi connectivity index (χ3v) is 3.98. The number of H-pyrrole nitrogens is 1. The Morgan fingerprint density at radius 3 is 2.65 bits per heavy atom. The van der Waals surface area contributed by atoms with Gasteiger partial charge >= 0.3 is 0 Å². The lowest BCUT2D eigenvalue weighted by Crippen LogP contribution is -2.25. The van der Waals surface area contributed by atoms with E-state index >= 15 is 0 Å². The number of aromatic nitrogens is 1. The molecular formula is C17H14N2O. The summed E-state index contributed by atoms with van der Waals surface area (Å²) in [7, 11) is 0. The number of hydrogen-bond acceptors (Lipinski definition) is 1. The van der Waals surface area contributed by atoms with Gasteiger partial charge in [-0.1, -0.05) is 42.5 Å². The molecule has 1 aliphatic heterocycles. The normalized spacial score (nSPS) is 17.2. The zero-order chi connectivity index (χ0) is 13.7. The molecule has 0 aliphatic carbocycles. The second kappa shape index (κ2) is 3.97. The third kappa shape index (κ3) is 1.43. The van der Waals surface area contributed by atoms with Crippen molar-refractivity contribution in [2.45, 2.75) is 13.0 Å². The molecule has 0 saturated carbocycles. The number of hydrogen-bond donors (Lipinski definition) is 2. The molecule has 0 bridgehead atoms.